The minimum Gasteiger partial charge on any atom is -0.507 e. The number of ketones is 1. The minimum absolute atomic E-state index is 0.0505. The molecule has 0 bridgehead atoms. The average molecular weight is 462 g/mol. The van der Waals surface area contributed by atoms with Crippen LogP contribution in [0.25, 0.3) is 5.76 Å². The predicted molar refractivity (Wildman–Crippen MR) is 126 cm³/mol. The van der Waals surface area contributed by atoms with Crippen molar-refractivity contribution in [3.63, 3.8) is 0 Å². The first-order valence-corrected chi connectivity index (χ1v) is 11.1. The first-order chi connectivity index (χ1) is 16.5. The van der Waals surface area contributed by atoms with E-state index in [1.165, 1.54) is 4.90 Å². The van der Waals surface area contributed by atoms with E-state index in [1.54, 1.807) is 62.1 Å². The third kappa shape index (κ3) is 4.66. The molecule has 1 aliphatic rings. The summed E-state index contributed by atoms with van der Waals surface area (Å²) in [6.07, 6.45) is 5.86. The number of hydrogen-bond acceptors (Lipinski definition) is 6. The van der Waals surface area contributed by atoms with Gasteiger partial charge in [-0.15, -0.1) is 0 Å². The zero-order valence-corrected chi connectivity index (χ0v) is 19.2. The fraction of sp³-hybridized carbons (Fsp3) is 0.269. The van der Waals surface area contributed by atoms with Gasteiger partial charge in [0.05, 0.1) is 31.7 Å². The third-order valence-electron chi connectivity index (χ3n) is 5.74. The quantitative estimate of drug-likeness (QED) is 0.296. The van der Waals surface area contributed by atoms with E-state index in [1.807, 2.05) is 23.8 Å². The Balaban J connectivity index is 1.75. The second-order valence-electron chi connectivity index (χ2n) is 7.88. The monoisotopic (exact) mass is 461 g/mol. The molecule has 0 saturated carbocycles. The number of imidazole rings is 1. The summed E-state index contributed by atoms with van der Waals surface area (Å²) in [5, 5.41) is 11.2. The van der Waals surface area contributed by atoms with Crippen LogP contribution < -0.4 is 9.47 Å². The number of aromatic nitrogens is 2. The van der Waals surface area contributed by atoms with E-state index < -0.39 is 17.7 Å². The Bertz CT molecular complexity index is 1200. The lowest BCUT2D eigenvalue weighted by Gasteiger charge is -2.25. The number of aliphatic hydroxyl groups excluding tert-OH is 1. The van der Waals surface area contributed by atoms with Gasteiger partial charge in [0.15, 0.2) is 0 Å². The second kappa shape index (κ2) is 10.2. The van der Waals surface area contributed by atoms with Gasteiger partial charge in [-0.2, -0.15) is 0 Å². The average Bonchev–Trinajstić information content (AvgIpc) is 3.46. The minimum atomic E-state index is -0.742. The van der Waals surface area contributed by atoms with Gasteiger partial charge in [0, 0.05) is 31.0 Å². The zero-order valence-electron chi connectivity index (χ0n) is 19.2. The van der Waals surface area contributed by atoms with Crippen molar-refractivity contribution in [3.05, 3.63) is 84.0 Å². The predicted octanol–water partition coefficient (Wildman–Crippen LogP) is 3.80. The summed E-state index contributed by atoms with van der Waals surface area (Å²) in [6, 6.07) is 13.3. The summed E-state index contributed by atoms with van der Waals surface area (Å²) in [5.74, 6) is -0.417. The van der Waals surface area contributed by atoms with Gasteiger partial charge in [-0.05, 0) is 43.2 Å². The molecule has 1 N–H and O–H groups in total. The van der Waals surface area contributed by atoms with Crippen LogP contribution in [0.3, 0.4) is 0 Å². The second-order valence-corrected chi connectivity index (χ2v) is 7.88. The van der Waals surface area contributed by atoms with Crippen molar-refractivity contribution < 1.29 is 24.2 Å². The Kier molecular flexibility index (Phi) is 6.96. The molecule has 8 nitrogen and oxygen atoms in total. The molecule has 1 amide bonds. The number of carbonyl (C=O) groups excluding carboxylic acids is 2. The van der Waals surface area contributed by atoms with Crippen molar-refractivity contribution in [1.29, 1.82) is 0 Å². The van der Waals surface area contributed by atoms with E-state index in [4.69, 9.17) is 9.47 Å². The van der Waals surface area contributed by atoms with E-state index in [-0.39, 0.29) is 11.3 Å². The normalized spacial score (nSPS) is 17.2. The molecule has 1 fully saturated rings. The van der Waals surface area contributed by atoms with Gasteiger partial charge < -0.3 is 24.0 Å². The molecule has 0 aliphatic carbocycles. The number of nitrogens with zero attached hydrogens (tertiary/aromatic N) is 3. The summed E-state index contributed by atoms with van der Waals surface area (Å²) in [7, 11) is 1.56. The lowest BCUT2D eigenvalue weighted by Crippen LogP contribution is -2.31. The SMILES string of the molecule is CCOc1cccc(/C(O)=C2\C(=O)C(=O)N(CCCn3ccnc3)C2c2cccc(OC)c2)c1. The maximum absolute atomic E-state index is 13.2. The van der Waals surface area contributed by atoms with Crippen LogP contribution in [0.1, 0.15) is 30.5 Å². The standard InChI is InChI=1S/C26H27N3O5/c1-3-34-21-10-5-8-19(16-21)24(30)22-23(18-7-4-9-20(15-18)33-2)29(26(32)25(22)31)13-6-12-28-14-11-27-17-28/h4-5,7-11,14-17,23,30H,3,6,12-13H2,1-2H3/b24-22+. The molecule has 1 saturated heterocycles. The fourth-order valence-corrected chi connectivity index (χ4v) is 4.17. The summed E-state index contributed by atoms with van der Waals surface area (Å²) in [4.78, 5) is 31.8. The lowest BCUT2D eigenvalue weighted by molar-refractivity contribution is -0.139. The van der Waals surface area contributed by atoms with Crippen molar-refractivity contribution in [1.82, 2.24) is 14.5 Å². The Morgan fingerprint density at radius 2 is 1.88 bits per heavy atom. The van der Waals surface area contributed by atoms with Crippen LogP contribution in [0.5, 0.6) is 11.5 Å². The van der Waals surface area contributed by atoms with Crippen LogP contribution in [-0.4, -0.2) is 51.5 Å². The highest BCUT2D eigenvalue weighted by molar-refractivity contribution is 6.46. The highest BCUT2D eigenvalue weighted by atomic mass is 16.5. The third-order valence-corrected chi connectivity index (χ3v) is 5.74. The van der Waals surface area contributed by atoms with Crippen LogP contribution in [0.4, 0.5) is 0 Å². The summed E-state index contributed by atoms with van der Waals surface area (Å²) >= 11 is 0. The maximum Gasteiger partial charge on any atom is 0.295 e. The van der Waals surface area contributed by atoms with E-state index >= 15 is 0 Å². The number of carbonyl (C=O) groups is 2. The van der Waals surface area contributed by atoms with Crippen LogP contribution in [0.2, 0.25) is 0 Å². The first kappa shape index (κ1) is 23.1. The van der Waals surface area contributed by atoms with Crippen LogP contribution in [0, 0.1) is 0 Å². The number of amides is 1. The molecule has 2 aromatic carbocycles. The molecule has 1 aliphatic heterocycles. The first-order valence-electron chi connectivity index (χ1n) is 11.1. The van der Waals surface area contributed by atoms with Crippen molar-refractivity contribution in [2.45, 2.75) is 25.9 Å². The smallest absolute Gasteiger partial charge is 0.295 e. The van der Waals surface area contributed by atoms with Gasteiger partial charge in [-0.3, -0.25) is 9.59 Å². The molecular weight excluding hydrogens is 434 g/mol. The summed E-state index contributed by atoms with van der Waals surface area (Å²) < 4.78 is 12.8. The molecular formula is C26H27N3O5. The summed E-state index contributed by atoms with van der Waals surface area (Å²) in [6.45, 7) is 3.31. The van der Waals surface area contributed by atoms with Gasteiger partial charge in [0.2, 0.25) is 0 Å². The molecule has 176 valence electrons. The molecule has 2 heterocycles. The topological polar surface area (TPSA) is 93.9 Å². The number of methoxy groups -OCH3 is 1. The van der Waals surface area contributed by atoms with Crippen molar-refractivity contribution in [2.24, 2.45) is 0 Å². The molecule has 3 aromatic rings. The Hall–Kier alpha value is -4.07. The number of ether oxygens (including phenoxy) is 2. The number of aliphatic hydroxyl groups is 1. The molecule has 8 heteroatoms. The van der Waals surface area contributed by atoms with Gasteiger partial charge in [-0.1, -0.05) is 24.3 Å². The molecule has 0 spiro atoms. The fourth-order valence-electron chi connectivity index (χ4n) is 4.17. The molecule has 1 unspecified atom stereocenters. The van der Waals surface area contributed by atoms with Gasteiger partial charge >= 0.3 is 0 Å². The Labute approximate surface area is 198 Å². The van der Waals surface area contributed by atoms with Gasteiger partial charge in [0.25, 0.3) is 11.7 Å². The molecule has 4 rings (SSSR count). The van der Waals surface area contributed by atoms with Crippen molar-refractivity contribution in [2.75, 3.05) is 20.3 Å². The molecule has 34 heavy (non-hydrogen) atoms. The Morgan fingerprint density at radius 1 is 1.09 bits per heavy atom. The van der Waals surface area contributed by atoms with Crippen molar-refractivity contribution >= 4 is 17.4 Å². The van der Waals surface area contributed by atoms with E-state index in [2.05, 4.69) is 4.98 Å². The van der Waals surface area contributed by atoms with E-state index in [0.29, 0.717) is 48.7 Å². The van der Waals surface area contributed by atoms with Gasteiger partial charge in [0.1, 0.15) is 17.3 Å². The van der Waals surface area contributed by atoms with Crippen LogP contribution >= 0.6 is 0 Å². The van der Waals surface area contributed by atoms with Crippen molar-refractivity contribution in [3.8, 4) is 11.5 Å². The maximum atomic E-state index is 13.2. The highest BCUT2D eigenvalue weighted by Gasteiger charge is 2.45. The van der Waals surface area contributed by atoms with Crippen LogP contribution in [0.15, 0.2) is 72.8 Å². The lowest BCUT2D eigenvalue weighted by atomic mass is 9.95. The largest absolute Gasteiger partial charge is 0.507 e. The van der Waals surface area contributed by atoms with Crippen LogP contribution in [-0.2, 0) is 16.1 Å². The molecule has 1 aromatic heterocycles. The number of aryl methyl sites for hydroxylation is 1. The molecule has 0 radical (unpaired) electrons. The molecule has 1 atom stereocenters. The van der Waals surface area contributed by atoms with E-state index in [9.17, 15) is 14.7 Å². The van der Waals surface area contributed by atoms with E-state index in [0.717, 1.165) is 0 Å². The van der Waals surface area contributed by atoms with Gasteiger partial charge in [-0.25, -0.2) is 4.98 Å². The zero-order chi connectivity index (χ0) is 24.1. The highest BCUT2D eigenvalue weighted by Crippen LogP contribution is 2.40. The Morgan fingerprint density at radius 3 is 2.62 bits per heavy atom. The number of hydrogen-bond donors (Lipinski definition) is 1. The number of benzene rings is 2. The number of likely N-dealkylation sites (tertiary alicyclic amines) is 1. The summed E-state index contributed by atoms with van der Waals surface area (Å²) in [5.41, 5.74) is 1.15. The number of Topliss-reactive ketones (excluding diaryl/α,β-unsaturated/α-hetero) is 1. The number of rotatable bonds is 9.